The molecule has 106 valence electrons. The van der Waals surface area contributed by atoms with Crippen LogP contribution in [0.15, 0.2) is 12.1 Å². The van der Waals surface area contributed by atoms with Crippen molar-refractivity contribution >= 4 is 15.9 Å². The highest BCUT2D eigenvalue weighted by atomic mass is 79.9. The Morgan fingerprint density at radius 1 is 1.21 bits per heavy atom. The van der Waals surface area contributed by atoms with Gasteiger partial charge in [0, 0.05) is 17.9 Å². The minimum atomic E-state index is 0.176. The average molecular weight is 327 g/mol. The highest BCUT2D eigenvalue weighted by Gasteiger charge is 2.42. The fraction of sp³-hybridized carbons (Fsp3) is 0.625. The molecule has 2 rings (SSSR count). The number of benzene rings is 1. The maximum absolute atomic E-state index is 6.22. The average Bonchev–Trinajstić information content (AvgIpc) is 2.38. The van der Waals surface area contributed by atoms with Crippen molar-refractivity contribution in [2.24, 2.45) is 0 Å². The summed E-state index contributed by atoms with van der Waals surface area (Å²) in [6.45, 7) is 9.30. The molecule has 0 N–H and O–H groups in total. The summed E-state index contributed by atoms with van der Waals surface area (Å²) in [5, 5.41) is 0. The molecule has 0 saturated heterocycles. The molecule has 1 saturated carbocycles. The Kier molecular flexibility index (Phi) is 4.91. The fourth-order valence-electron chi connectivity index (χ4n) is 2.37. The molecule has 0 bridgehead atoms. The van der Waals surface area contributed by atoms with Crippen LogP contribution in [-0.4, -0.2) is 23.6 Å². The summed E-state index contributed by atoms with van der Waals surface area (Å²) in [7, 11) is 0. The number of alkyl halides is 1. The zero-order valence-electron chi connectivity index (χ0n) is 12.2. The number of rotatable bonds is 5. The van der Waals surface area contributed by atoms with E-state index in [4.69, 9.17) is 9.47 Å². The molecule has 3 heteroatoms. The Bertz CT molecular complexity index is 445. The van der Waals surface area contributed by atoms with E-state index < -0.39 is 0 Å². The fourth-order valence-corrected chi connectivity index (χ4v) is 3.23. The molecule has 1 fully saturated rings. The molecule has 0 heterocycles. The Morgan fingerprint density at radius 3 is 2.53 bits per heavy atom. The quantitative estimate of drug-likeness (QED) is 0.750. The van der Waals surface area contributed by atoms with Gasteiger partial charge >= 0.3 is 0 Å². The minimum Gasteiger partial charge on any atom is -0.487 e. The van der Waals surface area contributed by atoms with Gasteiger partial charge in [-0.1, -0.05) is 35.0 Å². The Hall–Kier alpha value is -0.540. The van der Waals surface area contributed by atoms with Crippen LogP contribution >= 0.6 is 15.9 Å². The van der Waals surface area contributed by atoms with Crippen molar-refractivity contribution in [3.05, 3.63) is 28.8 Å². The molecule has 19 heavy (non-hydrogen) atoms. The van der Waals surface area contributed by atoms with Crippen LogP contribution in [0.4, 0.5) is 0 Å². The van der Waals surface area contributed by atoms with Crippen LogP contribution in [-0.2, 0) is 4.74 Å². The van der Waals surface area contributed by atoms with E-state index in [1.165, 1.54) is 16.7 Å². The molecule has 1 aromatic carbocycles. The van der Waals surface area contributed by atoms with Gasteiger partial charge in [0.1, 0.15) is 18.0 Å². The van der Waals surface area contributed by atoms with Crippen LogP contribution < -0.4 is 4.74 Å². The molecule has 0 aliphatic heterocycles. The Morgan fingerprint density at radius 2 is 1.89 bits per heavy atom. The van der Waals surface area contributed by atoms with E-state index in [2.05, 4.69) is 55.8 Å². The van der Waals surface area contributed by atoms with Crippen molar-refractivity contribution in [1.82, 2.24) is 0 Å². The summed E-state index contributed by atoms with van der Waals surface area (Å²) in [6, 6.07) is 4.28. The second kappa shape index (κ2) is 6.27. The third kappa shape index (κ3) is 3.14. The standard InChI is InChI=1S/C16H23BrO2/c1-5-8-18-16-13(17)9-14(16)19-15-11(3)7-6-10(2)12(15)4/h6-7,13-14,16H,5,8-9H2,1-4H3. The van der Waals surface area contributed by atoms with E-state index in [1.54, 1.807) is 0 Å². The molecule has 3 atom stereocenters. The first kappa shape index (κ1) is 14.9. The van der Waals surface area contributed by atoms with E-state index in [-0.39, 0.29) is 12.2 Å². The van der Waals surface area contributed by atoms with Crippen molar-refractivity contribution in [3.8, 4) is 5.75 Å². The molecule has 0 aromatic heterocycles. The van der Waals surface area contributed by atoms with Crippen molar-refractivity contribution in [2.45, 2.75) is 57.6 Å². The highest BCUT2D eigenvalue weighted by Crippen LogP contribution is 2.36. The van der Waals surface area contributed by atoms with Gasteiger partial charge in [-0.05, 0) is 43.9 Å². The van der Waals surface area contributed by atoms with Gasteiger partial charge in [-0.2, -0.15) is 0 Å². The molecular weight excluding hydrogens is 304 g/mol. The number of hydrogen-bond acceptors (Lipinski definition) is 2. The van der Waals surface area contributed by atoms with Gasteiger partial charge in [0.15, 0.2) is 0 Å². The number of aryl methyl sites for hydroxylation is 2. The molecule has 1 aliphatic carbocycles. The maximum atomic E-state index is 6.22. The summed E-state index contributed by atoms with van der Waals surface area (Å²) in [5.74, 6) is 1.04. The van der Waals surface area contributed by atoms with E-state index in [0.29, 0.717) is 4.83 Å². The monoisotopic (exact) mass is 326 g/mol. The molecule has 0 amide bonds. The first-order valence-corrected chi connectivity index (χ1v) is 7.95. The van der Waals surface area contributed by atoms with Crippen molar-refractivity contribution in [1.29, 1.82) is 0 Å². The number of halogens is 1. The Labute approximate surface area is 124 Å². The smallest absolute Gasteiger partial charge is 0.127 e. The molecule has 0 radical (unpaired) electrons. The van der Waals surface area contributed by atoms with E-state index >= 15 is 0 Å². The van der Waals surface area contributed by atoms with Crippen molar-refractivity contribution in [3.63, 3.8) is 0 Å². The van der Waals surface area contributed by atoms with Crippen LogP contribution in [0.1, 0.15) is 36.5 Å². The van der Waals surface area contributed by atoms with Gasteiger partial charge in [-0.15, -0.1) is 0 Å². The van der Waals surface area contributed by atoms with Crippen LogP contribution in [0, 0.1) is 20.8 Å². The molecular formula is C16H23BrO2. The summed E-state index contributed by atoms with van der Waals surface area (Å²) in [5.41, 5.74) is 3.73. The highest BCUT2D eigenvalue weighted by molar-refractivity contribution is 9.09. The third-order valence-corrected chi connectivity index (χ3v) is 4.73. The van der Waals surface area contributed by atoms with Crippen molar-refractivity contribution < 1.29 is 9.47 Å². The van der Waals surface area contributed by atoms with E-state index in [9.17, 15) is 0 Å². The zero-order valence-corrected chi connectivity index (χ0v) is 13.8. The van der Waals surface area contributed by atoms with Gasteiger partial charge in [0.05, 0.1) is 0 Å². The summed E-state index contributed by atoms with van der Waals surface area (Å²) in [4.78, 5) is 0.425. The molecule has 1 aliphatic rings. The van der Waals surface area contributed by atoms with E-state index in [0.717, 1.165) is 25.2 Å². The largest absolute Gasteiger partial charge is 0.487 e. The molecule has 1 aromatic rings. The molecule has 2 nitrogen and oxygen atoms in total. The minimum absolute atomic E-state index is 0.176. The lowest BCUT2D eigenvalue weighted by molar-refractivity contribution is -0.0766. The van der Waals surface area contributed by atoms with Crippen LogP contribution in [0.5, 0.6) is 5.75 Å². The van der Waals surface area contributed by atoms with Gasteiger partial charge < -0.3 is 9.47 Å². The SMILES string of the molecule is CCCOC1C(Br)CC1Oc1c(C)ccc(C)c1C. The summed E-state index contributed by atoms with van der Waals surface area (Å²) >= 11 is 3.66. The van der Waals surface area contributed by atoms with Gasteiger partial charge in [0.25, 0.3) is 0 Å². The lowest BCUT2D eigenvalue weighted by Gasteiger charge is -2.41. The number of ether oxygens (including phenoxy) is 2. The second-order valence-electron chi connectivity index (χ2n) is 5.40. The van der Waals surface area contributed by atoms with Gasteiger partial charge in [-0.3, -0.25) is 0 Å². The topological polar surface area (TPSA) is 18.5 Å². The van der Waals surface area contributed by atoms with Crippen LogP contribution in [0.2, 0.25) is 0 Å². The second-order valence-corrected chi connectivity index (χ2v) is 6.57. The van der Waals surface area contributed by atoms with Gasteiger partial charge in [-0.25, -0.2) is 0 Å². The third-order valence-electron chi connectivity index (χ3n) is 3.84. The van der Waals surface area contributed by atoms with Gasteiger partial charge in [0.2, 0.25) is 0 Å². The lowest BCUT2D eigenvalue weighted by atomic mass is 9.91. The van der Waals surface area contributed by atoms with E-state index in [1.807, 2.05) is 0 Å². The predicted octanol–water partition coefficient (Wildman–Crippen LogP) is 4.32. The van der Waals surface area contributed by atoms with Crippen LogP contribution in [0.25, 0.3) is 0 Å². The van der Waals surface area contributed by atoms with Crippen LogP contribution in [0.3, 0.4) is 0 Å². The maximum Gasteiger partial charge on any atom is 0.127 e. The zero-order chi connectivity index (χ0) is 14.0. The first-order valence-electron chi connectivity index (χ1n) is 7.03. The normalized spacial score (nSPS) is 26.1. The molecule has 3 unspecified atom stereocenters. The first-order chi connectivity index (χ1) is 9.04. The Balaban J connectivity index is 2.07. The predicted molar refractivity (Wildman–Crippen MR) is 82.4 cm³/mol. The summed E-state index contributed by atoms with van der Waals surface area (Å²) in [6.07, 6.45) is 2.42. The summed E-state index contributed by atoms with van der Waals surface area (Å²) < 4.78 is 12.1. The lowest BCUT2D eigenvalue weighted by Crippen LogP contribution is -2.52. The molecule has 0 spiro atoms. The van der Waals surface area contributed by atoms with Crippen molar-refractivity contribution in [2.75, 3.05) is 6.61 Å². The number of hydrogen-bond donors (Lipinski definition) is 0.